The van der Waals surface area contributed by atoms with E-state index in [1.54, 1.807) is 18.2 Å². The lowest BCUT2D eigenvalue weighted by Crippen LogP contribution is -2.38. The molecular formula is C34H26F6N6O2. The van der Waals surface area contributed by atoms with Gasteiger partial charge in [-0.3, -0.25) is 18.8 Å². The highest BCUT2D eigenvalue weighted by Gasteiger charge is 2.67. The summed E-state index contributed by atoms with van der Waals surface area (Å²) in [5, 5.41) is 6.56. The van der Waals surface area contributed by atoms with E-state index in [4.69, 9.17) is 0 Å². The van der Waals surface area contributed by atoms with Crippen molar-refractivity contribution in [3.8, 4) is 5.69 Å². The van der Waals surface area contributed by atoms with Crippen molar-refractivity contribution in [2.24, 2.45) is 5.92 Å². The fourth-order valence-corrected chi connectivity index (χ4v) is 6.96. The number of alkyl halides is 4. The number of fused-ring (bicyclic) bond motifs is 4. The van der Waals surface area contributed by atoms with Crippen molar-refractivity contribution in [1.29, 1.82) is 0 Å². The Morgan fingerprint density at radius 3 is 2.46 bits per heavy atom. The molecule has 3 atom stereocenters. The third-order valence-electron chi connectivity index (χ3n) is 9.34. The summed E-state index contributed by atoms with van der Waals surface area (Å²) in [5.74, 6) is -7.63. The number of benzene rings is 2. The minimum atomic E-state index is -3.45. The first-order valence-corrected chi connectivity index (χ1v) is 15.5. The molecule has 2 aromatic carbocycles. The molecular weight excluding hydrogens is 638 g/mol. The van der Waals surface area contributed by atoms with Crippen molar-refractivity contribution < 1.29 is 31.1 Å². The van der Waals surface area contributed by atoms with Gasteiger partial charge in [0, 0.05) is 30.2 Å². The largest absolute Gasteiger partial charge is 0.344 e. The summed E-state index contributed by atoms with van der Waals surface area (Å²) in [7, 11) is 0. The molecule has 5 aromatic rings. The fraction of sp³-hybridized carbons (Fsp3) is 0.324. The highest BCUT2D eigenvalue weighted by Crippen LogP contribution is 2.68. The average Bonchev–Trinajstić information content (AvgIpc) is 3.97. The Labute approximate surface area is 268 Å². The SMILES string of the molecule is O=C(Cn1nc(C(F)F)c2c1C(F)(F)C1CC21)NC(Cc1cc(F)cc(F)c1)c1nc2ncccc2c(=O)n1-c1ccc(C2CC2)cc1. The number of hydrogen-bond acceptors (Lipinski definition) is 5. The molecule has 0 radical (unpaired) electrons. The first kappa shape index (κ1) is 30.3. The number of hydrogen-bond donors (Lipinski definition) is 1. The number of carbonyl (C=O) groups is 1. The Morgan fingerprint density at radius 1 is 1.04 bits per heavy atom. The van der Waals surface area contributed by atoms with Gasteiger partial charge in [-0.05, 0) is 78.6 Å². The summed E-state index contributed by atoms with van der Waals surface area (Å²) in [6, 6.07) is 11.8. The quantitative estimate of drug-likeness (QED) is 0.185. The predicted octanol–water partition coefficient (Wildman–Crippen LogP) is 6.38. The van der Waals surface area contributed by atoms with E-state index in [0.717, 1.165) is 30.5 Å². The van der Waals surface area contributed by atoms with Gasteiger partial charge in [0.1, 0.15) is 35.4 Å². The number of carbonyl (C=O) groups excluding carboxylic acids is 1. The van der Waals surface area contributed by atoms with Crippen molar-refractivity contribution in [1.82, 2.24) is 29.6 Å². The number of nitrogens with one attached hydrogen (secondary N) is 1. The Bertz CT molecular complexity index is 2140. The maximum atomic E-state index is 15.2. The van der Waals surface area contributed by atoms with Crippen molar-refractivity contribution in [2.75, 3.05) is 0 Å². The van der Waals surface area contributed by atoms with Crippen LogP contribution in [0.4, 0.5) is 26.3 Å². The Morgan fingerprint density at radius 2 is 1.77 bits per heavy atom. The average molecular weight is 665 g/mol. The molecule has 8 nitrogen and oxygen atoms in total. The van der Waals surface area contributed by atoms with Crippen LogP contribution in [0.25, 0.3) is 16.7 Å². The van der Waals surface area contributed by atoms with Gasteiger partial charge < -0.3 is 5.32 Å². The molecule has 0 bridgehead atoms. The van der Waals surface area contributed by atoms with Gasteiger partial charge in [-0.1, -0.05) is 12.1 Å². The summed E-state index contributed by atoms with van der Waals surface area (Å²) < 4.78 is 88.6. The van der Waals surface area contributed by atoms with Crippen LogP contribution >= 0.6 is 0 Å². The molecule has 3 aromatic heterocycles. The molecule has 0 spiro atoms. The second-order valence-electron chi connectivity index (χ2n) is 12.6. The van der Waals surface area contributed by atoms with Gasteiger partial charge in [0.15, 0.2) is 5.65 Å². The maximum absolute atomic E-state index is 15.2. The van der Waals surface area contributed by atoms with E-state index in [9.17, 15) is 27.2 Å². The van der Waals surface area contributed by atoms with E-state index in [-0.39, 0.29) is 40.8 Å². The maximum Gasteiger partial charge on any atom is 0.293 e. The molecule has 1 amide bonds. The van der Waals surface area contributed by atoms with Gasteiger partial charge in [-0.15, -0.1) is 0 Å². The first-order chi connectivity index (χ1) is 23.0. The molecule has 8 rings (SSSR count). The lowest BCUT2D eigenvalue weighted by molar-refractivity contribution is -0.123. The van der Waals surface area contributed by atoms with Crippen LogP contribution in [0.5, 0.6) is 0 Å². The van der Waals surface area contributed by atoms with Crippen LogP contribution in [-0.2, 0) is 23.7 Å². The molecule has 0 saturated heterocycles. The molecule has 3 aliphatic rings. The van der Waals surface area contributed by atoms with Gasteiger partial charge >= 0.3 is 0 Å². The van der Waals surface area contributed by atoms with Crippen LogP contribution < -0.4 is 10.9 Å². The zero-order valence-corrected chi connectivity index (χ0v) is 25.0. The molecule has 246 valence electrons. The van der Waals surface area contributed by atoms with E-state index in [0.29, 0.717) is 22.4 Å². The summed E-state index contributed by atoms with van der Waals surface area (Å²) in [6.07, 6.45) is 0.182. The monoisotopic (exact) mass is 664 g/mol. The first-order valence-electron chi connectivity index (χ1n) is 15.5. The third-order valence-corrected chi connectivity index (χ3v) is 9.34. The van der Waals surface area contributed by atoms with E-state index >= 15 is 8.78 Å². The lowest BCUT2D eigenvalue weighted by atomic mass is 10.0. The molecule has 2 saturated carbocycles. The van der Waals surface area contributed by atoms with E-state index < -0.39 is 71.3 Å². The van der Waals surface area contributed by atoms with Gasteiger partial charge in [0.05, 0.1) is 17.1 Å². The highest BCUT2D eigenvalue weighted by molar-refractivity contribution is 5.77. The van der Waals surface area contributed by atoms with Crippen LogP contribution in [0.15, 0.2) is 65.6 Å². The zero-order chi connectivity index (χ0) is 33.5. The van der Waals surface area contributed by atoms with Crippen LogP contribution in [0.3, 0.4) is 0 Å². The van der Waals surface area contributed by atoms with E-state index in [1.807, 2.05) is 12.1 Å². The fourth-order valence-electron chi connectivity index (χ4n) is 6.96. The minimum absolute atomic E-state index is 0.0401. The van der Waals surface area contributed by atoms with Crippen molar-refractivity contribution in [3.63, 3.8) is 0 Å². The standard InChI is InChI=1S/C34H26F6N6O2/c35-19-10-16(11-20(36)13-19)12-25(42-26(47)15-45-29-27(28(44-45)30(37)38)23-14-24(23)34(29,39)40)32-43-31-22(2-1-9-41-31)33(48)46(32)21-7-5-18(6-8-21)17-3-4-17/h1-2,5-11,13,17,23-25,30H,3-4,12,14-15H2,(H,42,47). The topological polar surface area (TPSA) is 94.7 Å². The van der Waals surface area contributed by atoms with Gasteiger partial charge in [0.2, 0.25) is 5.91 Å². The molecule has 1 N–H and O–H groups in total. The second kappa shape index (κ2) is 11.0. The van der Waals surface area contributed by atoms with Crippen LogP contribution in [0.2, 0.25) is 0 Å². The van der Waals surface area contributed by atoms with E-state index in [1.165, 1.54) is 16.8 Å². The molecule has 2 fully saturated rings. The predicted molar refractivity (Wildman–Crippen MR) is 160 cm³/mol. The summed E-state index contributed by atoms with van der Waals surface area (Å²) >= 11 is 0. The van der Waals surface area contributed by atoms with Gasteiger partial charge in [-0.2, -0.15) is 13.9 Å². The number of halogens is 6. The lowest BCUT2D eigenvalue weighted by Gasteiger charge is -2.23. The molecule has 3 unspecified atom stereocenters. The van der Waals surface area contributed by atoms with Crippen LogP contribution in [-0.4, -0.2) is 30.2 Å². The van der Waals surface area contributed by atoms with E-state index in [2.05, 4.69) is 20.4 Å². The summed E-state index contributed by atoms with van der Waals surface area (Å²) in [5.41, 5.74) is -0.615. The molecule has 3 aliphatic carbocycles. The Hall–Kier alpha value is -5.01. The number of nitrogens with zero attached hydrogens (tertiary/aromatic N) is 5. The van der Waals surface area contributed by atoms with Crippen LogP contribution in [0.1, 0.15) is 77.5 Å². The van der Waals surface area contributed by atoms with Gasteiger partial charge in [0.25, 0.3) is 17.9 Å². The highest BCUT2D eigenvalue weighted by atomic mass is 19.3. The van der Waals surface area contributed by atoms with Crippen molar-refractivity contribution in [3.05, 3.63) is 117 Å². The molecule has 0 aliphatic heterocycles. The number of aromatic nitrogens is 5. The second-order valence-corrected chi connectivity index (χ2v) is 12.6. The molecule has 14 heteroatoms. The number of rotatable bonds is 9. The van der Waals surface area contributed by atoms with Crippen molar-refractivity contribution >= 4 is 16.9 Å². The Balaban J connectivity index is 1.22. The molecule has 48 heavy (non-hydrogen) atoms. The molecule has 3 heterocycles. The number of amides is 1. The van der Waals surface area contributed by atoms with Gasteiger partial charge in [-0.25, -0.2) is 27.5 Å². The Kier molecular flexibility index (Phi) is 6.97. The zero-order valence-electron chi connectivity index (χ0n) is 25.0. The number of pyridine rings is 1. The van der Waals surface area contributed by atoms with Crippen LogP contribution in [0, 0.1) is 17.6 Å². The smallest absolute Gasteiger partial charge is 0.293 e. The minimum Gasteiger partial charge on any atom is -0.344 e. The third kappa shape index (κ3) is 5.13. The summed E-state index contributed by atoms with van der Waals surface area (Å²) in [4.78, 5) is 36.5. The summed E-state index contributed by atoms with van der Waals surface area (Å²) in [6.45, 7) is -0.857. The van der Waals surface area contributed by atoms with Crippen molar-refractivity contribution in [2.45, 2.75) is 62.5 Å². The normalized spacial score (nSPS) is 19.7.